The van der Waals surface area contributed by atoms with Crippen molar-refractivity contribution in [2.45, 2.75) is 25.7 Å². The maximum Gasteiger partial charge on any atom is 0.409 e. The van der Waals surface area contributed by atoms with Crippen LogP contribution in [-0.2, 0) is 9.59 Å². The zero-order chi connectivity index (χ0) is 15.4. The molecule has 0 spiro atoms. The molecule has 0 heterocycles. The van der Waals surface area contributed by atoms with Crippen LogP contribution >= 0.6 is 0 Å². The molecular weight excluding hydrogens is 284 g/mol. The average molecular weight is 295 g/mol. The standard InChI is InChI=1S/C9H11F6NO3/c1-2-16(4-3-5(17)18)7(19)6(8(10,11)12)9(13,14)15/h6H,2-4H2,1H3,(H,17,18). The monoisotopic (exact) mass is 295 g/mol. The van der Waals surface area contributed by atoms with Crippen molar-refractivity contribution in [3.8, 4) is 0 Å². The van der Waals surface area contributed by atoms with Crippen molar-refractivity contribution >= 4 is 11.9 Å². The van der Waals surface area contributed by atoms with Crippen LogP contribution in [0.1, 0.15) is 13.3 Å². The Hall–Kier alpha value is -1.48. The minimum Gasteiger partial charge on any atom is -0.481 e. The number of alkyl halides is 6. The van der Waals surface area contributed by atoms with E-state index in [4.69, 9.17) is 5.11 Å². The number of carbonyl (C=O) groups is 2. The predicted octanol–water partition coefficient (Wildman–Crippen LogP) is 2.05. The second-order valence-electron chi connectivity index (χ2n) is 3.58. The van der Waals surface area contributed by atoms with E-state index in [-0.39, 0.29) is 4.90 Å². The fraction of sp³-hybridized carbons (Fsp3) is 0.778. The Labute approximate surface area is 104 Å². The molecule has 0 fully saturated rings. The minimum absolute atomic E-state index is 0.222. The number of amides is 1. The van der Waals surface area contributed by atoms with Crippen LogP contribution in [0.25, 0.3) is 0 Å². The summed E-state index contributed by atoms with van der Waals surface area (Å²) >= 11 is 0. The summed E-state index contributed by atoms with van der Waals surface area (Å²) in [5.74, 6) is -7.75. The fourth-order valence-corrected chi connectivity index (χ4v) is 1.30. The van der Waals surface area contributed by atoms with E-state index >= 15 is 0 Å². The molecule has 0 aliphatic rings. The topological polar surface area (TPSA) is 57.6 Å². The Morgan fingerprint density at radius 3 is 1.79 bits per heavy atom. The highest BCUT2D eigenvalue weighted by Gasteiger charge is 2.61. The lowest BCUT2D eigenvalue weighted by Gasteiger charge is -2.28. The van der Waals surface area contributed by atoms with Crippen LogP contribution in [0.2, 0.25) is 0 Å². The first-order chi connectivity index (χ1) is 8.41. The number of aliphatic carboxylic acids is 1. The first-order valence-corrected chi connectivity index (χ1v) is 5.05. The molecule has 0 aromatic rings. The minimum atomic E-state index is -5.77. The number of hydrogen-bond acceptors (Lipinski definition) is 2. The van der Waals surface area contributed by atoms with E-state index in [1.54, 1.807) is 0 Å². The molecule has 0 radical (unpaired) electrons. The summed E-state index contributed by atoms with van der Waals surface area (Å²) in [6.07, 6.45) is -12.3. The predicted molar refractivity (Wildman–Crippen MR) is 50.1 cm³/mol. The normalized spacial score (nSPS) is 12.6. The van der Waals surface area contributed by atoms with E-state index in [0.717, 1.165) is 6.92 Å². The molecule has 0 aliphatic heterocycles. The largest absolute Gasteiger partial charge is 0.481 e. The molecule has 0 aromatic heterocycles. The number of carboxylic acids is 1. The van der Waals surface area contributed by atoms with Gasteiger partial charge in [-0.15, -0.1) is 0 Å². The van der Waals surface area contributed by atoms with Gasteiger partial charge < -0.3 is 10.0 Å². The Bertz CT molecular complexity index is 324. The summed E-state index contributed by atoms with van der Waals surface area (Å²) in [7, 11) is 0. The maximum absolute atomic E-state index is 12.3. The average Bonchev–Trinajstić information content (AvgIpc) is 2.12. The van der Waals surface area contributed by atoms with Crippen LogP contribution in [0.15, 0.2) is 0 Å². The Balaban J connectivity index is 5.12. The quantitative estimate of drug-likeness (QED) is 0.790. The molecule has 0 unspecified atom stereocenters. The van der Waals surface area contributed by atoms with Gasteiger partial charge in [0.1, 0.15) is 0 Å². The Morgan fingerprint density at radius 1 is 1.11 bits per heavy atom. The van der Waals surface area contributed by atoms with Crippen LogP contribution in [0.5, 0.6) is 0 Å². The number of carbonyl (C=O) groups excluding carboxylic acids is 1. The molecule has 1 amide bonds. The van der Waals surface area contributed by atoms with Gasteiger partial charge in [-0.2, -0.15) is 26.3 Å². The van der Waals surface area contributed by atoms with Crippen LogP contribution < -0.4 is 0 Å². The van der Waals surface area contributed by atoms with E-state index < -0.39 is 49.7 Å². The molecule has 10 heteroatoms. The molecule has 0 aromatic carbocycles. The second kappa shape index (κ2) is 6.11. The molecule has 19 heavy (non-hydrogen) atoms. The molecule has 4 nitrogen and oxygen atoms in total. The number of nitrogens with zero attached hydrogens (tertiary/aromatic N) is 1. The van der Waals surface area contributed by atoms with Gasteiger partial charge >= 0.3 is 18.3 Å². The molecule has 0 saturated carbocycles. The lowest BCUT2D eigenvalue weighted by Crippen LogP contribution is -2.50. The zero-order valence-corrected chi connectivity index (χ0v) is 9.68. The summed E-state index contributed by atoms with van der Waals surface area (Å²) in [5.41, 5.74) is 0. The van der Waals surface area contributed by atoms with Gasteiger partial charge in [0.2, 0.25) is 11.8 Å². The van der Waals surface area contributed by atoms with Gasteiger partial charge in [0.15, 0.2) is 0 Å². The van der Waals surface area contributed by atoms with Gasteiger partial charge in [0.05, 0.1) is 6.42 Å². The van der Waals surface area contributed by atoms with Gasteiger partial charge in [0, 0.05) is 13.1 Å². The third-order valence-corrected chi connectivity index (χ3v) is 2.19. The summed E-state index contributed by atoms with van der Waals surface area (Å²) < 4.78 is 73.7. The summed E-state index contributed by atoms with van der Waals surface area (Å²) in [6.45, 7) is -0.00827. The first-order valence-electron chi connectivity index (χ1n) is 5.05. The van der Waals surface area contributed by atoms with E-state index in [1.807, 2.05) is 0 Å². The molecule has 1 N–H and O–H groups in total. The fourth-order valence-electron chi connectivity index (χ4n) is 1.30. The molecule has 0 atom stereocenters. The first kappa shape index (κ1) is 17.5. The van der Waals surface area contributed by atoms with Crippen molar-refractivity contribution in [1.29, 1.82) is 0 Å². The highest BCUT2D eigenvalue weighted by atomic mass is 19.4. The molecular formula is C9H11F6NO3. The van der Waals surface area contributed by atoms with Gasteiger partial charge in [-0.05, 0) is 6.92 Å². The van der Waals surface area contributed by atoms with Crippen LogP contribution in [-0.4, -0.2) is 47.3 Å². The third kappa shape index (κ3) is 5.35. The van der Waals surface area contributed by atoms with Gasteiger partial charge in [-0.1, -0.05) is 0 Å². The number of rotatable bonds is 5. The molecule has 0 rings (SSSR count). The van der Waals surface area contributed by atoms with E-state index in [2.05, 4.69) is 0 Å². The van der Waals surface area contributed by atoms with Crippen molar-refractivity contribution in [1.82, 2.24) is 4.90 Å². The van der Waals surface area contributed by atoms with Crippen molar-refractivity contribution in [3.63, 3.8) is 0 Å². The molecule has 0 aliphatic carbocycles. The number of carboxylic acid groups (broad SMARTS) is 1. The molecule has 0 saturated heterocycles. The smallest absolute Gasteiger partial charge is 0.409 e. The Kier molecular flexibility index (Phi) is 5.63. The van der Waals surface area contributed by atoms with Gasteiger partial charge in [-0.3, -0.25) is 9.59 Å². The highest BCUT2D eigenvalue weighted by Crippen LogP contribution is 2.40. The summed E-state index contributed by atoms with van der Waals surface area (Å²) in [4.78, 5) is 21.7. The van der Waals surface area contributed by atoms with Crippen LogP contribution in [0, 0.1) is 5.92 Å². The second-order valence-corrected chi connectivity index (χ2v) is 3.58. The number of halogens is 6. The maximum atomic E-state index is 12.3. The molecule has 112 valence electrons. The summed E-state index contributed by atoms with van der Waals surface area (Å²) in [6, 6.07) is 0. The third-order valence-electron chi connectivity index (χ3n) is 2.19. The highest BCUT2D eigenvalue weighted by molar-refractivity contribution is 5.81. The number of hydrogen-bond donors (Lipinski definition) is 1. The van der Waals surface area contributed by atoms with Crippen molar-refractivity contribution in [2.24, 2.45) is 5.92 Å². The SMILES string of the molecule is CCN(CCC(=O)O)C(=O)C(C(F)(F)F)C(F)(F)F. The van der Waals surface area contributed by atoms with Gasteiger partial charge in [0.25, 0.3) is 0 Å². The van der Waals surface area contributed by atoms with Gasteiger partial charge in [-0.25, -0.2) is 0 Å². The van der Waals surface area contributed by atoms with E-state index in [0.29, 0.717) is 0 Å². The van der Waals surface area contributed by atoms with Crippen molar-refractivity contribution < 1.29 is 41.0 Å². The van der Waals surface area contributed by atoms with E-state index in [1.165, 1.54) is 0 Å². The Morgan fingerprint density at radius 2 is 1.53 bits per heavy atom. The van der Waals surface area contributed by atoms with E-state index in [9.17, 15) is 35.9 Å². The van der Waals surface area contributed by atoms with Crippen LogP contribution in [0.3, 0.4) is 0 Å². The van der Waals surface area contributed by atoms with Crippen molar-refractivity contribution in [3.05, 3.63) is 0 Å². The zero-order valence-electron chi connectivity index (χ0n) is 9.68. The van der Waals surface area contributed by atoms with Crippen LogP contribution in [0.4, 0.5) is 26.3 Å². The lowest BCUT2D eigenvalue weighted by molar-refractivity contribution is -0.277. The summed E-state index contributed by atoms with van der Waals surface area (Å²) in [5, 5.41) is 8.32. The lowest BCUT2D eigenvalue weighted by atomic mass is 10.1. The molecule has 0 bridgehead atoms. The van der Waals surface area contributed by atoms with Crippen molar-refractivity contribution in [2.75, 3.05) is 13.1 Å².